The summed E-state index contributed by atoms with van der Waals surface area (Å²) in [7, 11) is 1.62. The molecule has 94 valence electrons. The van der Waals surface area contributed by atoms with E-state index in [1.807, 2.05) is 11.4 Å². The number of β-amino-alcohol motifs (C(OH)–C–C–N with tert-alkyl or cyclic N) is 1. The lowest BCUT2D eigenvalue weighted by Crippen LogP contribution is -2.42. The average molecular weight is 255 g/mol. The smallest absolute Gasteiger partial charge is 0.264 e. The molecule has 0 bridgehead atoms. The van der Waals surface area contributed by atoms with Crippen LogP contribution < -0.4 is 0 Å². The third kappa shape index (κ3) is 2.86. The Bertz CT molecular complexity index is 391. The predicted octanol–water partition coefficient (Wildman–Crippen LogP) is 1.49. The maximum atomic E-state index is 12.3. The Labute approximate surface area is 105 Å². The van der Waals surface area contributed by atoms with Crippen molar-refractivity contribution in [3.63, 3.8) is 0 Å². The van der Waals surface area contributed by atoms with Crippen LogP contribution >= 0.6 is 11.3 Å². The van der Waals surface area contributed by atoms with Gasteiger partial charge in [-0.15, -0.1) is 11.3 Å². The van der Waals surface area contributed by atoms with Gasteiger partial charge in [-0.25, -0.2) is 0 Å². The molecule has 1 amide bonds. The summed E-state index contributed by atoms with van der Waals surface area (Å²) < 4.78 is 5.07. The second-order valence-electron chi connectivity index (χ2n) is 4.26. The Kier molecular flexibility index (Phi) is 4.15. The molecule has 5 heteroatoms. The average Bonchev–Trinajstić information content (AvgIpc) is 2.77. The van der Waals surface area contributed by atoms with Gasteiger partial charge in [-0.3, -0.25) is 4.79 Å². The highest BCUT2D eigenvalue weighted by atomic mass is 32.1. The first-order valence-corrected chi connectivity index (χ1v) is 6.63. The monoisotopic (exact) mass is 255 g/mol. The van der Waals surface area contributed by atoms with Crippen LogP contribution in [0.25, 0.3) is 0 Å². The second kappa shape index (κ2) is 5.62. The van der Waals surface area contributed by atoms with Crippen molar-refractivity contribution in [1.82, 2.24) is 4.90 Å². The number of hydrogen-bond acceptors (Lipinski definition) is 4. The number of aliphatic hydroxyl groups excluding tert-OH is 1. The zero-order valence-corrected chi connectivity index (χ0v) is 10.7. The number of methoxy groups -OCH3 is 1. The van der Waals surface area contributed by atoms with E-state index in [-0.39, 0.29) is 12.0 Å². The van der Waals surface area contributed by atoms with Crippen molar-refractivity contribution in [1.29, 1.82) is 0 Å². The quantitative estimate of drug-likeness (QED) is 0.890. The molecule has 1 aliphatic rings. The van der Waals surface area contributed by atoms with Crippen LogP contribution in [0.2, 0.25) is 0 Å². The summed E-state index contributed by atoms with van der Waals surface area (Å²) in [5, 5.41) is 11.5. The number of piperidine rings is 1. The Morgan fingerprint density at radius 2 is 2.53 bits per heavy atom. The van der Waals surface area contributed by atoms with Gasteiger partial charge in [0.05, 0.1) is 17.6 Å². The number of nitrogens with zero attached hydrogens (tertiary/aromatic N) is 1. The molecule has 1 aromatic heterocycles. The predicted molar refractivity (Wildman–Crippen MR) is 66.2 cm³/mol. The SMILES string of the molecule is COCc1ccsc1C(=O)N1CCCC(O)C1. The van der Waals surface area contributed by atoms with E-state index in [4.69, 9.17) is 4.74 Å². The van der Waals surface area contributed by atoms with Crippen LogP contribution in [0.4, 0.5) is 0 Å². The van der Waals surface area contributed by atoms with Gasteiger partial charge in [-0.2, -0.15) is 0 Å². The molecular weight excluding hydrogens is 238 g/mol. The topological polar surface area (TPSA) is 49.8 Å². The van der Waals surface area contributed by atoms with Crippen molar-refractivity contribution in [2.75, 3.05) is 20.2 Å². The number of amides is 1. The second-order valence-corrected chi connectivity index (χ2v) is 5.17. The van der Waals surface area contributed by atoms with Gasteiger partial charge in [0, 0.05) is 25.8 Å². The first-order valence-electron chi connectivity index (χ1n) is 5.75. The van der Waals surface area contributed by atoms with Crippen LogP contribution in [0.3, 0.4) is 0 Å². The van der Waals surface area contributed by atoms with Gasteiger partial charge < -0.3 is 14.7 Å². The molecule has 1 fully saturated rings. The fourth-order valence-electron chi connectivity index (χ4n) is 2.08. The highest BCUT2D eigenvalue weighted by Gasteiger charge is 2.25. The maximum absolute atomic E-state index is 12.3. The fraction of sp³-hybridized carbons (Fsp3) is 0.583. The first kappa shape index (κ1) is 12.5. The lowest BCUT2D eigenvalue weighted by atomic mass is 10.1. The molecule has 1 unspecified atom stereocenters. The summed E-state index contributed by atoms with van der Waals surface area (Å²) >= 11 is 1.44. The van der Waals surface area contributed by atoms with E-state index < -0.39 is 0 Å². The number of likely N-dealkylation sites (tertiary alicyclic amines) is 1. The third-order valence-corrected chi connectivity index (χ3v) is 3.87. The van der Waals surface area contributed by atoms with Crippen molar-refractivity contribution in [3.8, 4) is 0 Å². The zero-order chi connectivity index (χ0) is 12.3. The lowest BCUT2D eigenvalue weighted by Gasteiger charge is -2.30. The fourth-order valence-corrected chi connectivity index (χ4v) is 2.95. The molecule has 1 atom stereocenters. The number of ether oxygens (including phenoxy) is 1. The maximum Gasteiger partial charge on any atom is 0.264 e. The van der Waals surface area contributed by atoms with Gasteiger partial charge in [0.2, 0.25) is 0 Å². The van der Waals surface area contributed by atoms with E-state index in [0.29, 0.717) is 13.2 Å². The zero-order valence-electron chi connectivity index (χ0n) is 9.89. The first-order chi connectivity index (χ1) is 8.22. The summed E-state index contributed by atoms with van der Waals surface area (Å²) in [6, 6.07) is 1.92. The Morgan fingerprint density at radius 1 is 1.71 bits per heavy atom. The molecule has 1 aliphatic heterocycles. The summed E-state index contributed by atoms with van der Waals surface area (Å²) in [4.78, 5) is 14.7. The largest absolute Gasteiger partial charge is 0.391 e. The van der Waals surface area contributed by atoms with Crippen LogP contribution in [0.1, 0.15) is 28.1 Å². The van der Waals surface area contributed by atoms with Crippen LogP contribution in [0.15, 0.2) is 11.4 Å². The molecule has 0 aromatic carbocycles. The van der Waals surface area contributed by atoms with E-state index in [1.54, 1.807) is 12.0 Å². The molecule has 4 nitrogen and oxygen atoms in total. The van der Waals surface area contributed by atoms with Crippen LogP contribution in [-0.2, 0) is 11.3 Å². The number of thiophene rings is 1. The molecule has 0 spiro atoms. The Morgan fingerprint density at radius 3 is 3.24 bits per heavy atom. The van der Waals surface area contributed by atoms with Gasteiger partial charge in [0.1, 0.15) is 0 Å². The normalized spacial score (nSPS) is 20.6. The van der Waals surface area contributed by atoms with Crippen molar-refractivity contribution in [2.45, 2.75) is 25.6 Å². The summed E-state index contributed by atoms with van der Waals surface area (Å²) in [6.45, 7) is 1.64. The molecule has 0 radical (unpaired) electrons. The lowest BCUT2D eigenvalue weighted by molar-refractivity contribution is 0.0475. The molecule has 2 rings (SSSR count). The van der Waals surface area contributed by atoms with E-state index >= 15 is 0 Å². The standard InChI is InChI=1S/C12H17NO3S/c1-16-8-9-4-6-17-11(9)12(15)13-5-2-3-10(14)7-13/h4,6,10,14H,2-3,5,7-8H2,1H3. The summed E-state index contributed by atoms with van der Waals surface area (Å²) in [5.41, 5.74) is 0.933. The summed E-state index contributed by atoms with van der Waals surface area (Å²) in [5.74, 6) is 0.0193. The minimum Gasteiger partial charge on any atom is -0.391 e. The molecule has 0 saturated carbocycles. The molecule has 1 aromatic rings. The van der Waals surface area contributed by atoms with E-state index in [0.717, 1.165) is 29.8 Å². The Balaban J connectivity index is 2.10. The number of carbonyl (C=O) groups excluding carboxylic acids is 1. The molecule has 2 heterocycles. The third-order valence-electron chi connectivity index (χ3n) is 2.92. The molecule has 17 heavy (non-hydrogen) atoms. The van der Waals surface area contributed by atoms with Crippen LogP contribution in [0.5, 0.6) is 0 Å². The number of rotatable bonds is 3. The van der Waals surface area contributed by atoms with Gasteiger partial charge in [0.25, 0.3) is 5.91 Å². The molecule has 1 saturated heterocycles. The van der Waals surface area contributed by atoms with Crippen molar-refractivity contribution >= 4 is 17.2 Å². The van der Waals surface area contributed by atoms with Gasteiger partial charge in [0.15, 0.2) is 0 Å². The molecular formula is C12H17NO3S. The van der Waals surface area contributed by atoms with Gasteiger partial charge >= 0.3 is 0 Å². The minimum absolute atomic E-state index is 0.0193. The molecule has 1 N–H and O–H groups in total. The van der Waals surface area contributed by atoms with Gasteiger partial charge in [-0.05, 0) is 24.3 Å². The van der Waals surface area contributed by atoms with Crippen molar-refractivity contribution in [2.24, 2.45) is 0 Å². The highest BCUT2D eigenvalue weighted by Crippen LogP contribution is 2.22. The van der Waals surface area contributed by atoms with Crippen LogP contribution in [-0.4, -0.2) is 42.2 Å². The molecule has 0 aliphatic carbocycles. The van der Waals surface area contributed by atoms with Crippen LogP contribution in [0, 0.1) is 0 Å². The van der Waals surface area contributed by atoms with Crippen molar-refractivity contribution < 1.29 is 14.6 Å². The van der Waals surface area contributed by atoms with Gasteiger partial charge in [-0.1, -0.05) is 0 Å². The van der Waals surface area contributed by atoms with E-state index in [9.17, 15) is 9.90 Å². The number of carbonyl (C=O) groups is 1. The number of aliphatic hydroxyl groups is 1. The Hall–Kier alpha value is -0.910. The summed E-state index contributed by atoms with van der Waals surface area (Å²) in [6.07, 6.45) is 1.29. The van der Waals surface area contributed by atoms with E-state index in [2.05, 4.69) is 0 Å². The van der Waals surface area contributed by atoms with Crippen molar-refractivity contribution in [3.05, 3.63) is 21.9 Å². The number of hydrogen-bond donors (Lipinski definition) is 1. The van der Waals surface area contributed by atoms with E-state index in [1.165, 1.54) is 11.3 Å². The minimum atomic E-state index is -0.376. The highest BCUT2D eigenvalue weighted by molar-refractivity contribution is 7.12.